The molecule has 0 bridgehead atoms. The first-order valence-corrected chi connectivity index (χ1v) is 4.53. The molecule has 0 saturated carbocycles. The quantitative estimate of drug-likeness (QED) is 0.662. The number of nitrogens with one attached hydrogen (secondary N) is 1. The van der Waals surface area contributed by atoms with Crippen molar-refractivity contribution in [2.24, 2.45) is 11.5 Å². The zero-order chi connectivity index (χ0) is 11.4. The minimum atomic E-state index is -0.540. The molecule has 0 unspecified atom stereocenters. The largest absolute Gasteiger partial charge is 0.385 e. The molecule has 0 aliphatic heterocycles. The van der Waals surface area contributed by atoms with Crippen molar-refractivity contribution in [1.82, 2.24) is 0 Å². The third-order valence-corrected chi connectivity index (χ3v) is 1.94. The van der Waals surface area contributed by atoms with Gasteiger partial charge in [0.2, 0.25) is 5.91 Å². The van der Waals surface area contributed by atoms with E-state index in [0.717, 1.165) is 0 Å². The molecule has 5 nitrogen and oxygen atoms in total. The fourth-order valence-corrected chi connectivity index (χ4v) is 1.25. The topological polar surface area (TPSA) is 98.2 Å². The van der Waals surface area contributed by atoms with E-state index in [9.17, 15) is 9.59 Å². The molecule has 0 spiro atoms. The van der Waals surface area contributed by atoms with Crippen molar-refractivity contribution in [3.63, 3.8) is 0 Å². The summed E-state index contributed by atoms with van der Waals surface area (Å²) in [5, 5.41) is 2.94. The van der Waals surface area contributed by atoms with Gasteiger partial charge in [-0.05, 0) is 25.1 Å². The molecule has 0 atom stereocenters. The molecule has 0 radical (unpaired) electrons. The average molecular weight is 207 g/mol. The summed E-state index contributed by atoms with van der Waals surface area (Å²) >= 11 is 0. The molecule has 2 amide bonds. The summed E-state index contributed by atoms with van der Waals surface area (Å²) in [6.07, 6.45) is 0. The van der Waals surface area contributed by atoms with E-state index >= 15 is 0 Å². The van der Waals surface area contributed by atoms with Gasteiger partial charge in [-0.2, -0.15) is 0 Å². The van der Waals surface area contributed by atoms with E-state index in [4.69, 9.17) is 11.5 Å². The fraction of sp³-hybridized carbons (Fsp3) is 0.200. The van der Waals surface area contributed by atoms with Crippen molar-refractivity contribution >= 4 is 17.5 Å². The second-order valence-electron chi connectivity index (χ2n) is 3.02. The standard InChI is InChI=1S/C10H13N3O2/c1-2-13-8-5-6(9(11)14)3-4-7(8)10(12)15/h3-5,13H,2H2,1H3,(H2,11,14)(H2,12,15). The maximum absolute atomic E-state index is 11.0. The van der Waals surface area contributed by atoms with Gasteiger partial charge in [0, 0.05) is 17.8 Å². The molecule has 1 rings (SSSR count). The van der Waals surface area contributed by atoms with Crippen LogP contribution in [0.2, 0.25) is 0 Å². The van der Waals surface area contributed by atoms with E-state index in [-0.39, 0.29) is 0 Å². The zero-order valence-electron chi connectivity index (χ0n) is 8.41. The Labute approximate surface area is 87.4 Å². The molecule has 0 heterocycles. The van der Waals surface area contributed by atoms with Crippen molar-refractivity contribution < 1.29 is 9.59 Å². The lowest BCUT2D eigenvalue weighted by atomic mass is 10.1. The van der Waals surface area contributed by atoms with Crippen LogP contribution >= 0.6 is 0 Å². The van der Waals surface area contributed by atoms with Gasteiger partial charge >= 0.3 is 0 Å². The lowest BCUT2D eigenvalue weighted by Crippen LogP contribution is -2.17. The predicted octanol–water partition coefficient (Wildman–Crippen LogP) is 0.316. The number of carbonyl (C=O) groups is 2. The number of benzene rings is 1. The minimum absolute atomic E-state index is 0.343. The maximum atomic E-state index is 11.0. The van der Waals surface area contributed by atoms with Gasteiger partial charge in [-0.15, -0.1) is 0 Å². The summed E-state index contributed by atoms with van der Waals surface area (Å²) < 4.78 is 0. The Bertz CT molecular complexity index is 402. The maximum Gasteiger partial charge on any atom is 0.250 e. The predicted molar refractivity (Wildman–Crippen MR) is 57.6 cm³/mol. The van der Waals surface area contributed by atoms with Gasteiger partial charge in [0.15, 0.2) is 0 Å². The van der Waals surface area contributed by atoms with E-state index < -0.39 is 11.8 Å². The monoisotopic (exact) mass is 207 g/mol. The highest BCUT2D eigenvalue weighted by Gasteiger charge is 2.10. The molecule has 5 N–H and O–H groups in total. The van der Waals surface area contributed by atoms with E-state index in [2.05, 4.69) is 5.32 Å². The summed E-state index contributed by atoms with van der Waals surface area (Å²) in [5.41, 5.74) is 11.5. The number of amides is 2. The summed E-state index contributed by atoms with van der Waals surface area (Å²) in [7, 11) is 0. The van der Waals surface area contributed by atoms with Crippen LogP contribution in [0.5, 0.6) is 0 Å². The number of carbonyl (C=O) groups excluding carboxylic acids is 2. The molecule has 0 saturated heterocycles. The molecule has 0 aliphatic carbocycles. The number of primary amides is 2. The number of rotatable bonds is 4. The van der Waals surface area contributed by atoms with Gasteiger partial charge in [-0.25, -0.2) is 0 Å². The van der Waals surface area contributed by atoms with Crippen molar-refractivity contribution in [2.45, 2.75) is 6.92 Å². The second kappa shape index (κ2) is 4.45. The highest BCUT2D eigenvalue weighted by molar-refractivity contribution is 6.01. The lowest BCUT2D eigenvalue weighted by Gasteiger charge is -2.09. The van der Waals surface area contributed by atoms with Crippen molar-refractivity contribution in [3.05, 3.63) is 29.3 Å². The molecular weight excluding hydrogens is 194 g/mol. The van der Waals surface area contributed by atoms with Gasteiger partial charge in [-0.1, -0.05) is 0 Å². The van der Waals surface area contributed by atoms with Crippen molar-refractivity contribution in [3.8, 4) is 0 Å². The molecule has 15 heavy (non-hydrogen) atoms. The van der Waals surface area contributed by atoms with Crippen LogP contribution in [0, 0.1) is 0 Å². The first-order chi connectivity index (χ1) is 7.06. The van der Waals surface area contributed by atoms with Crippen LogP contribution in [0.4, 0.5) is 5.69 Å². The number of hydrogen-bond acceptors (Lipinski definition) is 3. The highest BCUT2D eigenvalue weighted by Crippen LogP contribution is 2.17. The zero-order valence-corrected chi connectivity index (χ0v) is 8.41. The SMILES string of the molecule is CCNc1cc(C(N)=O)ccc1C(N)=O. The van der Waals surface area contributed by atoms with Crippen LogP contribution in [0.15, 0.2) is 18.2 Å². The van der Waals surface area contributed by atoms with E-state index in [1.807, 2.05) is 6.92 Å². The Kier molecular flexibility index (Phi) is 3.28. The third-order valence-electron chi connectivity index (χ3n) is 1.94. The molecule has 0 fully saturated rings. The Balaban J connectivity index is 3.20. The Hall–Kier alpha value is -2.04. The molecule has 1 aromatic carbocycles. The second-order valence-corrected chi connectivity index (χ2v) is 3.02. The molecular formula is C10H13N3O2. The molecule has 80 valence electrons. The summed E-state index contributed by atoms with van der Waals surface area (Å²) in [5.74, 6) is -1.08. The number of anilines is 1. The van der Waals surface area contributed by atoms with Gasteiger partial charge in [0.1, 0.15) is 0 Å². The molecule has 0 aromatic heterocycles. The Morgan fingerprint density at radius 3 is 2.40 bits per heavy atom. The normalized spacial score (nSPS) is 9.67. The van der Waals surface area contributed by atoms with Crippen LogP contribution < -0.4 is 16.8 Å². The number of nitrogens with two attached hydrogens (primary N) is 2. The first-order valence-electron chi connectivity index (χ1n) is 4.53. The molecule has 0 aliphatic rings. The number of hydrogen-bond donors (Lipinski definition) is 3. The Morgan fingerprint density at radius 2 is 1.93 bits per heavy atom. The van der Waals surface area contributed by atoms with Gasteiger partial charge in [0.05, 0.1) is 5.56 Å². The van der Waals surface area contributed by atoms with Crippen LogP contribution in [-0.4, -0.2) is 18.4 Å². The smallest absolute Gasteiger partial charge is 0.250 e. The first kappa shape index (κ1) is 11.0. The van der Waals surface area contributed by atoms with Crippen molar-refractivity contribution in [1.29, 1.82) is 0 Å². The summed E-state index contributed by atoms with van der Waals surface area (Å²) in [6, 6.07) is 4.48. The Morgan fingerprint density at radius 1 is 1.27 bits per heavy atom. The van der Waals surface area contributed by atoms with Crippen LogP contribution in [-0.2, 0) is 0 Å². The van der Waals surface area contributed by atoms with E-state index in [0.29, 0.717) is 23.4 Å². The third kappa shape index (κ3) is 2.46. The van der Waals surface area contributed by atoms with Crippen LogP contribution in [0.3, 0.4) is 0 Å². The lowest BCUT2D eigenvalue weighted by molar-refractivity contribution is 0.0989. The van der Waals surface area contributed by atoms with Gasteiger partial charge < -0.3 is 16.8 Å². The molecule has 1 aromatic rings. The molecule has 5 heteroatoms. The summed E-state index contributed by atoms with van der Waals surface area (Å²) in [6.45, 7) is 2.50. The van der Waals surface area contributed by atoms with Crippen LogP contribution in [0.25, 0.3) is 0 Å². The van der Waals surface area contributed by atoms with Gasteiger partial charge in [0.25, 0.3) is 5.91 Å². The van der Waals surface area contributed by atoms with Crippen molar-refractivity contribution in [2.75, 3.05) is 11.9 Å². The van der Waals surface area contributed by atoms with Crippen LogP contribution in [0.1, 0.15) is 27.6 Å². The summed E-state index contributed by atoms with van der Waals surface area (Å²) in [4.78, 5) is 22.0. The highest BCUT2D eigenvalue weighted by atomic mass is 16.1. The minimum Gasteiger partial charge on any atom is -0.385 e. The van der Waals surface area contributed by atoms with E-state index in [1.165, 1.54) is 18.2 Å². The fourth-order valence-electron chi connectivity index (χ4n) is 1.25. The van der Waals surface area contributed by atoms with E-state index in [1.54, 1.807) is 0 Å². The van der Waals surface area contributed by atoms with Gasteiger partial charge in [-0.3, -0.25) is 9.59 Å². The average Bonchev–Trinajstić information content (AvgIpc) is 2.17.